The van der Waals surface area contributed by atoms with Crippen molar-refractivity contribution in [2.24, 2.45) is 5.92 Å². The SMILES string of the molecule is O=C(c1cn2ccsc2n1)N(Cc1cccc(OCC2CCOC2)c1)Cc1ccccn1. The van der Waals surface area contributed by atoms with Gasteiger partial charge in [0.2, 0.25) is 0 Å². The Balaban J connectivity index is 1.34. The van der Waals surface area contributed by atoms with Gasteiger partial charge < -0.3 is 14.4 Å². The monoisotopic (exact) mass is 448 g/mol. The lowest BCUT2D eigenvalue weighted by Crippen LogP contribution is -2.30. The number of fused-ring (bicyclic) bond motifs is 1. The normalized spacial score (nSPS) is 15.8. The number of hydrogen-bond donors (Lipinski definition) is 0. The highest BCUT2D eigenvalue weighted by molar-refractivity contribution is 7.15. The summed E-state index contributed by atoms with van der Waals surface area (Å²) < 4.78 is 13.3. The van der Waals surface area contributed by atoms with Crippen molar-refractivity contribution in [3.63, 3.8) is 0 Å². The maximum atomic E-state index is 13.4. The Morgan fingerprint density at radius 3 is 3.03 bits per heavy atom. The van der Waals surface area contributed by atoms with Crippen molar-refractivity contribution in [1.82, 2.24) is 19.3 Å². The van der Waals surface area contributed by atoms with E-state index in [1.54, 1.807) is 17.3 Å². The topological polar surface area (TPSA) is 69.0 Å². The van der Waals surface area contributed by atoms with Gasteiger partial charge in [0.15, 0.2) is 4.96 Å². The first kappa shape index (κ1) is 20.7. The van der Waals surface area contributed by atoms with Crippen LogP contribution in [-0.4, -0.2) is 45.0 Å². The van der Waals surface area contributed by atoms with E-state index in [0.29, 0.717) is 31.3 Å². The summed E-state index contributed by atoms with van der Waals surface area (Å²) in [6, 6.07) is 13.7. The van der Waals surface area contributed by atoms with Crippen molar-refractivity contribution >= 4 is 22.2 Å². The van der Waals surface area contributed by atoms with Crippen molar-refractivity contribution < 1.29 is 14.3 Å². The highest BCUT2D eigenvalue weighted by atomic mass is 32.1. The third-order valence-electron chi connectivity index (χ3n) is 5.46. The fourth-order valence-electron chi connectivity index (χ4n) is 3.76. The van der Waals surface area contributed by atoms with E-state index >= 15 is 0 Å². The minimum atomic E-state index is -0.124. The van der Waals surface area contributed by atoms with Gasteiger partial charge in [-0.1, -0.05) is 18.2 Å². The second-order valence-corrected chi connectivity index (χ2v) is 8.76. The molecule has 0 bridgehead atoms. The Hall–Kier alpha value is -3.23. The zero-order valence-electron chi connectivity index (χ0n) is 17.6. The van der Waals surface area contributed by atoms with Crippen LogP contribution in [0.1, 0.15) is 28.2 Å². The molecule has 1 aromatic carbocycles. The number of thiazole rings is 1. The number of amides is 1. The van der Waals surface area contributed by atoms with E-state index in [-0.39, 0.29) is 5.91 Å². The average molecular weight is 449 g/mol. The van der Waals surface area contributed by atoms with Gasteiger partial charge in [0, 0.05) is 43.0 Å². The van der Waals surface area contributed by atoms with Gasteiger partial charge in [0.1, 0.15) is 11.4 Å². The first-order valence-corrected chi connectivity index (χ1v) is 11.5. The molecule has 7 nitrogen and oxygen atoms in total. The molecule has 164 valence electrons. The maximum Gasteiger partial charge on any atom is 0.274 e. The predicted molar refractivity (Wildman–Crippen MR) is 122 cm³/mol. The van der Waals surface area contributed by atoms with Crippen LogP contribution in [0.15, 0.2) is 66.4 Å². The van der Waals surface area contributed by atoms with Gasteiger partial charge in [-0.25, -0.2) is 4.98 Å². The zero-order chi connectivity index (χ0) is 21.8. The van der Waals surface area contributed by atoms with Crippen molar-refractivity contribution in [3.05, 3.63) is 83.4 Å². The number of nitrogens with zero attached hydrogens (tertiary/aromatic N) is 4. The van der Waals surface area contributed by atoms with Crippen LogP contribution >= 0.6 is 11.3 Å². The Kier molecular flexibility index (Phi) is 6.13. The quantitative estimate of drug-likeness (QED) is 0.407. The maximum absolute atomic E-state index is 13.4. The molecule has 0 saturated carbocycles. The van der Waals surface area contributed by atoms with Gasteiger partial charge in [0.25, 0.3) is 5.91 Å². The van der Waals surface area contributed by atoms with E-state index in [9.17, 15) is 4.79 Å². The second kappa shape index (κ2) is 9.50. The molecule has 1 aliphatic rings. The number of benzene rings is 1. The van der Waals surface area contributed by atoms with E-state index in [0.717, 1.165) is 41.6 Å². The van der Waals surface area contributed by atoms with Crippen molar-refractivity contribution in [2.75, 3.05) is 19.8 Å². The molecule has 32 heavy (non-hydrogen) atoms. The number of imidazole rings is 1. The highest BCUT2D eigenvalue weighted by Crippen LogP contribution is 2.21. The summed E-state index contributed by atoms with van der Waals surface area (Å²) >= 11 is 1.51. The van der Waals surface area contributed by atoms with Crippen LogP contribution in [0, 0.1) is 5.92 Å². The van der Waals surface area contributed by atoms with Crippen LogP contribution in [0.25, 0.3) is 4.96 Å². The van der Waals surface area contributed by atoms with Crippen molar-refractivity contribution in [3.8, 4) is 5.75 Å². The fraction of sp³-hybridized carbons (Fsp3) is 0.292. The van der Waals surface area contributed by atoms with Crippen LogP contribution in [0.2, 0.25) is 0 Å². The Bertz CT molecular complexity index is 1160. The number of ether oxygens (including phenoxy) is 2. The zero-order valence-corrected chi connectivity index (χ0v) is 18.4. The fourth-order valence-corrected chi connectivity index (χ4v) is 4.46. The molecule has 1 unspecified atom stereocenters. The molecule has 5 rings (SSSR count). The van der Waals surface area contributed by atoms with Crippen molar-refractivity contribution in [2.45, 2.75) is 19.5 Å². The molecule has 3 aromatic heterocycles. The van der Waals surface area contributed by atoms with Gasteiger partial charge >= 0.3 is 0 Å². The number of hydrogen-bond acceptors (Lipinski definition) is 6. The minimum Gasteiger partial charge on any atom is -0.493 e. The van der Waals surface area contributed by atoms with Gasteiger partial charge in [-0.3, -0.25) is 14.2 Å². The van der Waals surface area contributed by atoms with E-state index < -0.39 is 0 Å². The van der Waals surface area contributed by atoms with Crippen LogP contribution in [0.3, 0.4) is 0 Å². The molecule has 4 heterocycles. The smallest absolute Gasteiger partial charge is 0.274 e. The van der Waals surface area contributed by atoms with Gasteiger partial charge in [-0.05, 0) is 36.2 Å². The molecule has 1 fully saturated rings. The van der Waals surface area contributed by atoms with Crippen LogP contribution in [0.5, 0.6) is 5.75 Å². The second-order valence-electron chi connectivity index (χ2n) is 7.89. The number of carbonyl (C=O) groups excluding carboxylic acids is 1. The Labute approximate surface area is 190 Å². The molecular weight excluding hydrogens is 424 g/mol. The number of aromatic nitrogens is 3. The molecule has 0 spiro atoms. The van der Waals surface area contributed by atoms with Crippen LogP contribution in [0.4, 0.5) is 0 Å². The van der Waals surface area contributed by atoms with E-state index in [1.807, 2.05) is 58.4 Å². The Morgan fingerprint density at radius 2 is 2.22 bits per heavy atom. The molecule has 1 saturated heterocycles. The van der Waals surface area contributed by atoms with E-state index in [2.05, 4.69) is 9.97 Å². The van der Waals surface area contributed by atoms with Gasteiger partial charge in [-0.2, -0.15) is 0 Å². The van der Waals surface area contributed by atoms with Gasteiger partial charge in [-0.15, -0.1) is 11.3 Å². The average Bonchev–Trinajstić information content (AvgIpc) is 3.56. The predicted octanol–water partition coefficient (Wildman–Crippen LogP) is 4.05. The third-order valence-corrected chi connectivity index (χ3v) is 6.23. The Morgan fingerprint density at radius 1 is 1.25 bits per heavy atom. The molecule has 1 aliphatic heterocycles. The summed E-state index contributed by atoms with van der Waals surface area (Å²) in [7, 11) is 0. The van der Waals surface area contributed by atoms with Crippen LogP contribution < -0.4 is 4.74 Å². The van der Waals surface area contributed by atoms with E-state index in [1.165, 1.54) is 11.3 Å². The lowest BCUT2D eigenvalue weighted by Gasteiger charge is -2.22. The number of pyridine rings is 1. The molecule has 1 amide bonds. The molecule has 4 aromatic rings. The van der Waals surface area contributed by atoms with Gasteiger partial charge in [0.05, 0.1) is 25.5 Å². The molecule has 1 atom stereocenters. The largest absolute Gasteiger partial charge is 0.493 e. The van der Waals surface area contributed by atoms with E-state index in [4.69, 9.17) is 9.47 Å². The summed E-state index contributed by atoms with van der Waals surface area (Å²) in [6.45, 7) is 3.05. The summed E-state index contributed by atoms with van der Waals surface area (Å²) in [5, 5.41) is 1.95. The summed E-state index contributed by atoms with van der Waals surface area (Å²) in [4.78, 5) is 24.9. The first-order chi connectivity index (χ1) is 15.7. The summed E-state index contributed by atoms with van der Waals surface area (Å²) in [5.74, 6) is 1.12. The number of rotatable bonds is 8. The first-order valence-electron chi connectivity index (χ1n) is 10.7. The third kappa shape index (κ3) is 4.81. The molecule has 8 heteroatoms. The standard InChI is InChI=1S/C24H24N4O3S/c29-23(22-15-27-9-11-32-24(27)26-22)28(14-20-5-1-2-8-25-20)13-18-4-3-6-21(12-18)31-17-19-7-10-30-16-19/h1-6,8-9,11-12,15,19H,7,10,13-14,16-17H2. The highest BCUT2D eigenvalue weighted by Gasteiger charge is 2.21. The minimum absolute atomic E-state index is 0.124. The van der Waals surface area contributed by atoms with Crippen LogP contribution in [-0.2, 0) is 17.8 Å². The lowest BCUT2D eigenvalue weighted by molar-refractivity contribution is 0.0722. The molecule has 0 N–H and O–H groups in total. The number of carbonyl (C=O) groups is 1. The van der Waals surface area contributed by atoms with Crippen molar-refractivity contribution in [1.29, 1.82) is 0 Å². The molecule has 0 aliphatic carbocycles. The molecule has 0 radical (unpaired) electrons. The summed E-state index contributed by atoms with van der Waals surface area (Å²) in [6.07, 6.45) is 6.46. The summed E-state index contributed by atoms with van der Waals surface area (Å²) in [5.41, 5.74) is 2.26. The molecular formula is C24H24N4O3S. The lowest BCUT2D eigenvalue weighted by atomic mass is 10.1.